The lowest BCUT2D eigenvalue weighted by atomic mass is 9.97. The molecular weight excluding hydrogens is 338 g/mol. The maximum absolute atomic E-state index is 12.8. The Hall–Kier alpha value is -2.02. The number of hydrogen-bond acceptors (Lipinski definition) is 5. The summed E-state index contributed by atoms with van der Waals surface area (Å²) >= 11 is 1.62. The van der Waals surface area contributed by atoms with Gasteiger partial charge in [-0.3, -0.25) is 19.0 Å². The van der Waals surface area contributed by atoms with E-state index in [2.05, 4.69) is 10.3 Å². The summed E-state index contributed by atoms with van der Waals surface area (Å²) < 4.78 is 1.51. The zero-order valence-electron chi connectivity index (χ0n) is 14.6. The number of rotatable bonds is 6. The molecule has 2 aromatic rings. The van der Waals surface area contributed by atoms with Gasteiger partial charge in [0.05, 0.1) is 18.3 Å². The summed E-state index contributed by atoms with van der Waals surface area (Å²) in [5.74, 6) is -0.328. The zero-order chi connectivity index (χ0) is 18.0. The van der Waals surface area contributed by atoms with E-state index in [1.807, 2.05) is 0 Å². The topological polar surface area (TPSA) is 81.1 Å². The van der Waals surface area contributed by atoms with Gasteiger partial charge in [-0.25, -0.2) is 4.98 Å². The highest BCUT2D eigenvalue weighted by Crippen LogP contribution is 2.33. The van der Waals surface area contributed by atoms with Gasteiger partial charge in [0.15, 0.2) is 5.78 Å². The molecule has 0 fully saturated rings. The van der Waals surface area contributed by atoms with Crippen LogP contribution in [0.2, 0.25) is 0 Å². The minimum atomic E-state index is -0.228. The summed E-state index contributed by atoms with van der Waals surface area (Å²) in [5, 5.41) is 3.35. The van der Waals surface area contributed by atoms with Crippen molar-refractivity contribution in [3.8, 4) is 0 Å². The van der Waals surface area contributed by atoms with Gasteiger partial charge in [-0.15, -0.1) is 11.3 Å². The summed E-state index contributed by atoms with van der Waals surface area (Å²) in [6.07, 6.45) is 5.93. The first-order chi connectivity index (χ1) is 12.0. The number of nitrogens with one attached hydrogen (secondary N) is 1. The molecule has 1 aliphatic carbocycles. The lowest BCUT2D eigenvalue weighted by Gasteiger charge is -2.10. The van der Waals surface area contributed by atoms with E-state index in [1.54, 1.807) is 25.2 Å². The van der Waals surface area contributed by atoms with Crippen LogP contribution in [0, 0.1) is 5.92 Å². The van der Waals surface area contributed by atoms with Crippen molar-refractivity contribution in [1.82, 2.24) is 14.9 Å². The second kappa shape index (κ2) is 7.47. The van der Waals surface area contributed by atoms with E-state index in [0.717, 1.165) is 35.0 Å². The van der Waals surface area contributed by atoms with Gasteiger partial charge >= 0.3 is 0 Å². The predicted octanol–water partition coefficient (Wildman–Crippen LogP) is 2.07. The molecule has 0 atom stereocenters. The Morgan fingerprint density at radius 1 is 1.32 bits per heavy atom. The first-order valence-electron chi connectivity index (χ1n) is 8.76. The predicted molar refractivity (Wildman–Crippen MR) is 98.0 cm³/mol. The smallest absolute Gasteiger partial charge is 0.262 e. The molecule has 0 bridgehead atoms. The van der Waals surface area contributed by atoms with Crippen molar-refractivity contribution in [1.29, 1.82) is 0 Å². The maximum atomic E-state index is 12.8. The molecule has 0 spiro atoms. The summed E-state index contributed by atoms with van der Waals surface area (Å²) in [6, 6.07) is 0. The van der Waals surface area contributed by atoms with E-state index in [4.69, 9.17) is 0 Å². The number of carbonyl (C=O) groups excluding carboxylic acids is 2. The fraction of sp³-hybridized carbons (Fsp3) is 0.556. The lowest BCUT2D eigenvalue weighted by molar-refractivity contribution is -0.126. The molecule has 134 valence electrons. The molecule has 1 aliphatic rings. The second-order valence-electron chi connectivity index (χ2n) is 6.78. The summed E-state index contributed by atoms with van der Waals surface area (Å²) in [4.78, 5) is 42.7. The van der Waals surface area contributed by atoms with Gasteiger partial charge in [0.1, 0.15) is 4.83 Å². The van der Waals surface area contributed by atoms with E-state index >= 15 is 0 Å². The van der Waals surface area contributed by atoms with Crippen LogP contribution < -0.4 is 10.9 Å². The van der Waals surface area contributed by atoms with E-state index in [-0.39, 0.29) is 42.7 Å². The molecule has 1 amide bonds. The van der Waals surface area contributed by atoms with Crippen molar-refractivity contribution in [3.63, 3.8) is 0 Å². The van der Waals surface area contributed by atoms with Crippen molar-refractivity contribution in [2.24, 2.45) is 5.92 Å². The quantitative estimate of drug-likeness (QED) is 0.854. The Balaban J connectivity index is 1.70. The van der Waals surface area contributed by atoms with Gasteiger partial charge in [0.25, 0.3) is 5.56 Å². The molecule has 0 aromatic carbocycles. The number of thiophene rings is 1. The Labute approximate surface area is 150 Å². The van der Waals surface area contributed by atoms with Crippen LogP contribution in [-0.2, 0) is 29.0 Å². The van der Waals surface area contributed by atoms with Crippen LogP contribution in [0.25, 0.3) is 10.2 Å². The monoisotopic (exact) mass is 361 g/mol. The van der Waals surface area contributed by atoms with E-state index < -0.39 is 0 Å². The number of ketones is 1. The summed E-state index contributed by atoms with van der Waals surface area (Å²) in [5.41, 5.74) is 1.10. The highest BCUT2D eigenvalue weighted by molar-refractivity contribution is 7.18. The number of Topliss-reactive ketones (excluding diaryl/α,β-unsaturated/α-hetero) is 1. The third-order valence-electron chi connectivity index (χ3n) is 4.63. The van der Waals surface area contributed by atoms with Crippen LogP contribution >= 0.6 is 11.3 Å². The highest BCUT2D eigenvalue weighted by atomic mass is 32.1. The van der Waals surface area contributed by atoms with Gasteiger partial charge < -0.3 is 5.32 Å². The largest absolute Gasteiger partial charge is 0.349 e. The van der Waals surface area contributed by atoms with E-state index in [1.165, 1.54) is 22.2 Å². The van der Waals surface area contributed by atoms with Crippen LogP contribution in [-0.4, -0.2) is 27.8 Å². The van der Waals surface area contributed by atoms with Crippen molar-refractivity contribution in [3.05, 3.63) is 27.1 Å². The standard InChI is InChI=1S/C18H23N3O3S/c1-11(2)13(22)9-19-15(23)7-8-21-10-20-17-16(18(21)24)12-5-3-4-6-14(12)25-17/h10-11H,3-9H2,1-2H3,(H,19,23). The minimum absolute atomic E-state index is 0.00138. The molecule has 0 saturated heterocycles. The molecule has 0 aliphatic heterocycles. The molecule has 0 radical (unpaired) electrons. The van der Waals surface area contributed by atoms with Crippen LogP contribution in [0.3, 0.4) is 0 Å². The molecule has 2 heterocycles. The Morgan fingerprint density at radius 3 is 2.84 bits per heavy atom. The first-order valence-corrected chi connectivity index (χ1v) is 9.58. The molecule has 3 rings (SSSR count). The lowest BCUT2D eigenvalue weighted by Crippen LogP contribution is -2.33. The fourth-order valence-electron chi connectivity index (χ4n) is 3.04. The molecule has 2 aromatic heterocycles. The molecule has 6 nitrogen and oxygen atoms in total. The fourth-order valence-corrected chi connectivity index (χ4v) is 4.26. The third kappa shape index (κ3) is 3.81. The second-order valence-corrected chi connectivity index (χ2v) is 7.87. The number of carbonyl (C=O) groups is 2. The van der Waals surface area contributed by atoms with Crippen molar-refractivity contribution in [2.75, 3.05) is 6.54 Å². The number of aryl methyl sites for hydroxylation is 3. The maximum Gasteiger partial charge on any atom is 0.262 e. The average molecular weight is 361 g/mol. The Kier molecular flexibility index (Phi) is 5.32. The third-order valence-corrected chi connectivity index (χ3v) is 5.83. The van der Waals surface area contributed by atoms with Crippen molar-refractivity contribution in [2.45, 2.75) is 52.5 Å². The summed E-state index contributed by atoms with van der Waals surface area (Å²) in [7, 11) is 0. The summed E-state index contributed by atoms with van der Waals surface area (Å²) in [6.45, 7) is 3.92. The minimum Gasteiger partial charge on any atom is -0.349 e. The van der Waals surface area contributed by atoms with Gasteiger partial charge in [-0.2, -0.15) is 0 Å². The molecule has 0 unspecified atom stereocenters. The normalized spacial score (nSPS) is 13.9. The van der Waals surface area contributed by atoms with Crippen LogP contribution in [0.1, 0.15) is 43.6 Å². The number of aromatic nitrogens is 2. The van der Waals surface area contributed by atoms with Gasteiger partial charge in [-0.1, -0.05) is 13.8 Å². The average Bonchev–Trinajstić information content (AvgIpc) is 2.98. The van der Waals surface area contributed by atoms with Gasteiger partial charge in [0, 0.05) is 23.8 Å². The van der Waals surface area contributed by atoms with Gasteiger partial charge in [0.2, 0.25) is 5.91 Å². The highest BCUT2D eigenvalue weighted by Gasteiger charge is 2.20. The Bertz CT molecular complexity index is 866. The molecule has 0 saturated carbocycles. The number of hydrogen-bond donors (Lipinski definition) is 1. The van der Waals surface area contributed by atoms with E-state index in [0.29, 0.717) is 0 Å². The first kappa shape index (κ1) is 17.8. The van der Waals surface area contributed by atoms with Crippen molar-refractivity contribution < 1.29 is 9.59 Å². The van der Waals surface area contributed by atoms with Crippen LogP contribution in [0.4, 0.5) is 0 Å². The van der Waals surface area contributed by atoms with Crippen LogP contribution in [0.5, 0.6) is 0 Å². The molecule has 25 heavy (non-hydrogen) atoms. The number of amides is 1. The zero-order valence-corrected chi connectivity index (χ0v) is 15.4. The molecule has 7 heteroatoms. The molecule has 1 N–H and O–H groups in total. The Morgan fingerprint density at radius 2 is 2.08 bits per heavy atom. The molecular formula is C18H23N3O3S. The van der Waals surface area contributed by atoms with Crippen LogP contribution in [0.15, 0.2) is 11.1 Å². The van der Waals surface area contributed by atoms with E-state index in [9.17, 15) is 14.4 Å². The number of fused-ring (bicyclic) bond motifs is 3. The van der Waals surface area contributed by atoms with Gasteiger partial charge in [-0.05, 0) is 31.2 Å². The SMILES string of the molecule is CC(C)C(=O)CNC(=O)CCn1cnc2sc3c(c2c1=O)CCCC3. The number of nitrogens with zero attached hydrogens (tertiary/aromatic N) is 2. The van der Waals surface area contributed by atoms with Crippen molar-refractivity contribution >= 4 is 33.2 Å².